The van der Waals surface area contributed by atoms with Gasteiger partial charge in [-0.1, -0.05) is 50.1 Å². The molecule has 0 fully saturated rings. The van der Waals surface area contributed by atoms with Crippen molar-refractivity contribution in [2.24, 2.45) is 0 Å². The zero-order valence-electron chi connectivity index (χ0n) is 10.5. The molecular formula is C14H23OSi. The van der Waals surface area contributed by atoms with E-state index in [-0.39, 0.29) is 0 Å². The Morgan fingerprint density at radius 3 is 2.56 bits per heavy atom. The number of benzene rings is 1. The van der Waals surface area contributed by atoms with Gasteiger partial charge in [-0.2, -0.15) is 0 Å². The molecule has 1 nitrogen and oxygen atoms in total. The third-order valence-electron chi connectivity index (χ3n) is 2.68. The minimum Gasteiger partial charge on any atom is -0.417 e. The molecule has 0 spiro atoms. The van der Waals surface area contributed by atoms with Crippen LogP contribution in [0.3, 0.4) is 0 Å². The number of rotatable bonds is 8. The van der Waals surface area contributed by atoms with Crippen LogP contribution < -0.4 is 0 Å². The van der Waals surface area contributed by atoms with Gasteiger partial charge in [-0.05, 0) is 31.0 Å². The summed E-state index contributed by atoms with van der Waals surface area (Å²) in [7, 11) is -0.506. The first-order chi connectivity index (χ1) is 7.83. The second-order valence-corrected chi connectivity index (χ2v) is 6.44. The number of hydrogen-bond acceptors (Lipinski definition) is 1. The van der Waals surface area contributed by atoms with Crippen LogP contribution in [0.25, 0.3) is 0 Å². The summed E-state index contributed by atoms with van der Waals surface area (Å²) in [6, 6.07) is 12.0. The van der Waals surface area contributed by atoms with E-state index in [0.717, 1.165) is 19.4 Å². The molecule has 1 aromatic rings. The lowest BCUT2D eigenvalue weighted by Gasteiger charge is -2.10. The van der Waals surface area contributed by atoms with Crippen molar-refractivity contribution in [3.05, 3.63) is 35.9 Å². The maximum atomic E-state index is 5.87. The monoisotopic (exact) mass is 235 g/mol. The van der Waals surface area contributed by atoms with E-state index < -0.39 is 9.04 Å². The summed E-state index contributed by atoms with van der Waals surface area (Å²) >= 11 is 0. The Labute approximate surface area is 102 Å². The van der Waals surface area contributed by atoms with Crippen molar-refractivity contribution in [1.82, 2.24) is 0 Å². The molecule has 0 saturated carbocycles. The van der Waals surface area contributed by atoms with Crippen LogP contribution in [0.15, 0.2) is 30.3 Å². The van der Waals surface area contributed by atoms with Gasteiger partial charge in [0.2, 0.25) is 9.04 Å². The van der Waals surface area contributed by atoms with Gasteiger partial charge in [0.25, 0.3) is 0 Å². The van der Waals surface area contributed by atoms with Gasteiger partial charge >= 0.3 is 0 Å². The molecule has 0 amide bonds. The number of aryl methyl sites for hydroxylation is 1. The van der Waals surface area contributed by atoms with Gasteiger partial charge in [0.15, 0.2) is 0 Å². The maximum absolute atomic E-state index is 5.87. The van der Waals surface area contributed by atoms with Crippen molar-refractivity contribution in [3.8, 4) is 0 Å². The van der Waals surface area contributed by atoms with Crippen molar-refractivity contribution >= 4 is 9.04 Å². The highest BCUT2D eigenvalue weighted by Gasteiger charge is 2.04. The molecule has 16 heavy (non-hydrogen) atoms. The Balaban J connectivity index is 2.03. The Morgan fingerprint density at radius 2 is 1.88 bits per heavy atom. The van der Waals surface area contributed by atoms with Gasteiger partial charge in [0, 0.05) is 6.61 Å². The fourth-order valence-electron chi connectivity index (χ4n) is 1.67. The molecule has 2 heteroatoms. The fraction of sp³-hybridized carbons (Fsp3) is 0.571. The first-order valence-electron chi connectivity index (χ1n) is 6.32. The second-order valence-electron chi connectivity index (χ2n) is 4.24. The summed E-state index contributed by atoms with van der Waals surface area (Å²) in [6.07, 6.45) is 4.90. The Bertz CT molecular complexity index is 261. The minimum atomic E-state index is -0.506. The first kappa shape index (κ1) is 13.5. The van der Waals surface area contributed by atoms with E-state index >= 15 is 0 Å². The average Bonchev–Trinajstić information content (AvgIpc) is 2.33. The van der Waals surface area contributed by atoms with E-state index in [4.69, 9.17) is 4.43 Å². The largest absolute Gasteiger partial charge is 0.417 e. The van der Waals surface area contributed by atoms with Crippen molar-refractivity contribution in [3.63, 3.8) is 0 Å². The standard InChI is InChI=1S/C14H23OSi/c1-3-4-13-16(2)15-12-8-11-14-9-6-5-7-10-14/h5-7,9-10H,3-4,8,11-13H2,1-2H3. The van der Waals surface area contributed by atoms with Gasteiger partial charge in [-0.3, -0.25) is 0 Å². The van der Waals surface area contributed by atoms with Crippen LogP contribution in [0.5, 0.6) is 0 Å². The van der Waals surface area contributed by atoms with E-state index in [1.807, 2.05) is 0 Å². The molecule has 1 radical (unpaired) electrons. The molecule has 1 rings (SSSR count). The second kappa shape index (κ2) is 8.54. The molecule has 0 saturated heterocycles. The number of hydrogen-bond donors (Lipinski definition) is 0. The van der Waals surface area contributed by atoms with Crippen LogP contribution in [0, 0.1) is 0 Å². The third kappa shape index (κ3) is 6.08. The normalized spacial score (nSPS) is 10.9. The molecule has 0 atom stereocenters. The van der Waals surface area contributed by atoms with E-state index in [2.05, 4.69) is 43.8 Å². The van der Waals surface area contributed by atoms with Crippen molar-refractivity contribution < 1.29 is 4.43 Å². The molecule has 0 aliphatic heterocycles. The zero-order chi connectivity index (χ0) is 11.6. The zero-order valence-corrected chi connectivity index (χ0v) is 11.5. The van der Waals surface area contributed by atoms with Crippen LogP contribution in [-0.2, 0) is 10.8 Å². The van der Waals surface area contributed by atoms with Gasteiger partial charge in [-0.15, -0.1) is 0 Å². The smallest absolute Gasteiger partial charge is 0.208 e. The SMILES string of the molecule is CCCC[Si](C)OCCCc1ccccc1. The van der Waals surface area contributed by atoms with Crippen molar-refractivity contribution in [1.29, 1.82) is 0 Å². The Kier molecular flexibility index (Phi) is 7.18. The Hall–Kier alpha value is -0.603. The van der Waals surface area contributed by atoms with Crippen molar-refractivity contribution in [2.75, 3.05) is 6.61 Å². The summed E-state index contributed by atoms with van der Waals surface area (Å²) in [5.74, 6) is 0. The molecule has 0 unspecified atom stereocenters. The molecule has 0 aliphatic carbocycles. The molecule has 1 aromatic carbocycles. The summed E-state index contributed by atoms with van der Waals surface area (Å²) in [6.45, 7) is 5.46. The molecule has 0 heterocycles. The fourth-order valence-corrected chi connectivity index (χ4v) is 3.15. The van der Waals surface area contributed by atoms with Crippen LogP contribution >= 0.6 is 0 Å². The number of unbranched alkanes of at least 4 members (excludes halogenated alkanes) is 1. The van der Waals surface area contributed by atoms with Gasteiger partial charge < -0.3 is 4.43 Å². The lowest BCUT2D eigenvalue weighted by molar-refractivity contribution is 0.314. The van der Waals surface area contributed by atoms with Gasteiger partial charge in [-0.25, -0.2) is 0 Å². The minimum absolute atomic E-state index is 0.506. The maximum Gasteiger partial charge on any atom is 0.208 e. The molecule has 0 aromatic heterocycles. The predicted molar refractivity (Wildman–Crippen MR) is 72.0 cm³/mol. The van der Waals surface area contributed by atoms with Crippen LogP contribution in [0.4, 0.5) is 0 Å². The van der Waals surface area contributed by atoms with E-state index in [0.29, 0.717) is 0 Å². The van der Waals surface area contributed by atoms with E-state index in [9.17, 15) is 0 Å². The Morgan fingerprint density at radius 1 is 1.12 bits per heavy atom. The first-order valence-corrected chi connectivity index (χ1v) is 8.43. The highest BCUT2D eigenvalue weighted by molar-refractivity contribution is 6.50. The summed E-state index contributed by atoms with van der Waals surface area (Å²) in [5, 5.41) is 0. The topological polar surface area (TPSA) is 9.23 Å². The summed E-state index contributed by atoms with van der Waals surface area (Å²) in [5.41, 5.74) is 1.42. The van der Waals surface area contributed by atoms with E-state index in [1.54, 1.807) is 0 Å². The molecule has 0 N–H and O–H groups in total. The van der Waals surface area contributed by atoms with Crippen molar-refractivity contribution in [2.45, 2.75) is 45.2 Å². The summed E-state index contributed by atoms with van der Waals surface area (Å²) in [4.78, 5) is 0. The molecule has 89 valence electrons. The predicted octanol–water partition coefficient (Wildman–Crippen LogP) is 4.06. The third-order valence-corrected chi connectivity index (χ3v) is 4.44. The molecule has 0 aliphatic rings. The van der Waals surface area contributed by atoms with Crippen LogP contribution in [-0.4, -0.2) is 15.6 Å². The lowest BCUT2D eigenvalue weighted by Crippen LogP contribution is -2.14. The quantitative estimate of drug-likeness (QED) is 0.488. The van der Waals surface area contributed by atoms with Crippen LogP contribution in [0.1, 0.15) is 31.7 Å². The summed E-state index contributed by atoms with van der Waals surface area (Å²) < 4.78 is 5.87. The average molecular weight is 235 g/mol. The lowest BCUT2D eigenvalue weighted by atomic mass is 10.1. The molecular weight excluding hydrogens is 212 g/mol. The van der Waals surface area contributed by atoms with Gasteiger partial charge in [0.1, 0.15) is 0 Å². The van der Waals surface area contributed by atoms with Crippen LogP contribution in [0.2, 0.25) is 12.6 Å². The van der Waals surface area contributed by atoms with E-state index in [1.165, 1.54) is 24.4 Å². The highest BCUT2D eigenvalue weighted by Crippen LogP contribution is 2.05. The highest BCUT2D eigenvalue weighted by atomic mass is 28.3. The molecule has 0 bridgehead atoms. The van der Waals surface area contributed by atoms with Gasteiger partial charge in [0.05, 0.1) is 0 Å².